The largest absolute Gasteiger partial charge is 0.460 e. The van der Waals surface area contributed by atoms with Crippen molar-refractivity contribution in [3.05, 3.63) is 42.5 Å². The molecule has 1 aromatic carbocycles. The summed E-state index contributed by atoms with van der Waals surface area (Å²) in [5.74, 6) is 0.536. The molecule has 1 rings (SSSR count). The summed E-state index contributed by atoms with van der Waals surface area (Å²) in [7, 11) is -4.02. The molecule has 0 aromatic heterocycles. The predicted molar refractivity (Wildman–Crippen MR) is 93.1 cm³/mol. The van der Waals surface area contributed by atoms with E-state index in [4.69, 9.17) is 15.0 Å². The first-order valence-corrected chi connectivity index (χ1v) is 9.62. The van der Waals surface area contributed by atoms with Crippen LogP contribution >= 0.6 is 11.8 Å². The minimum Gasteiger partial charge on any atom is -0.460 e. The Balaban J connectivity index is 0.000000422. The number of benzene rings is 1. The lowest BCUT2D eigenvalue weighted by molar-refractivity contribution is -0.143. The van der Waals surface area contributed by atoms with Gasteiger partial charge in [-0.25, -0.2) is 0 Å². The van der Waals surface area contributed by atoms with Crippen molar-refractivity contribution >= 4 is 27.8 Å². The first kappa shape index (κ1) is 21.6. The molecule has 6 nitrogen and oxygen atoms in total. The van der Waals surface area contributed by atoms with E-state index in [-0.39, 0.29) is 17.5 Å². The van der Waals surface area contributed by atoms with E-state index in [9.17, 15) is 13.2 Å². The SMILES string of the molecule is C=CCOC(=O)[C@H](N)CCSC.Cc1ccc(S(=O)(=O)O)cc1. The summed E-state index contributed by atoms with van der Waals surface area (Å²) in [6, 6.07) is 5.50. The van der Waals surface area contributed by atoms with Gasteiger partial charge in [-0.1, -0.05) is 30.4 Å². The second-order valence-electron chi connectivity index (χ2n) is 4.59. The van der Waals surface area contributed by atoms with E-state index in [0.29, 0.717) is 6.42 Å². The molecule has 8 heteroatoms. The summed E-state index contributed by atoms with van der Waals surface area (Å²) in [6.45, 7) is 5.51. The minimum atomic E-state index is -4.02. The van der Waals surface area contributed by atoms with Gasteiger partial charge >= 0.3 is 5.97 Å². The highest BCUT2D eigenvalue weighted by Crippen LogP contribution is 2.08. The highest BCUT2D eigenvalue weighted by molar-refractivity contribution is 7.98. The zero-order valence-electron chi connectivity index (χ0n) is 13.3. The molecule has 0 radical (unpaired) electrons. The number of esters is 1. The molecular weight excluding hydrogens is 338 g/mol. The standard InChI is InChI=1S/C8H15NO2S.C7H8O3S/c1-3-5-11-8(10)7(9)4-6-12-2;1-6-2-4-7(5-3-6)11(8,9)10/h3,7H,1,4-6,9H2,2H3;2-5H,1H3,(H,8,9,10)/t7-;/m1./s1. The molecule has 3 N–H and O–H groups in total. The molecule has 0 unspecified atom stereocenters. The Morgan fingerprint density at radius 1 is 1.43 bits per heavy atom. The molecule has 0 saturated carbocycles. The molecule has 0 bridgehead atoms. The Labute approximate surface area is 141 Å². The summed E-state index contributed by atoms with van der Waals surface area (Å²) in [5, 5.41) is 0. The van der Waals surface area contributed by atoms with Crippen LogP contribution in [0.2, 0.25) is 0 Å². The maximum absolute atomic E-state index is 11.0. The topological polar surface area (TPSA) is 107 Å². The van der Waals surface area contributed by atoms with Gasteiger partial charge in [0.2, 0.25) is 0 Å². The molecule has 1 atom stereocenters. The zero-order valence-corrected chi connectivity index (χ0v) is 14.9. The number of carbonyl (C=O) groups is 1. The van der Waals surface area contributed by atoms with Crippen molar-refractivity contribution in [1.82, 2.24) is 0 Å². The van der Waals surface area contributed by atoms with Crippen LogP contribution < -0.4 is 5.73 Å². The Kier molecular flexibility index (Phi) is 10.6. The molecule has 0 aliphatic heterocycles. The van der Waals surface area contributed by atoms with Crippen LogP contribution in [0, 0.1) is 6.92 Å². The van der Waals surface area contributed by atoms with Gasteiger partial charge < -0.3 is 10.5 Å². The molecule has 1 aromatic rings. The highest BCUT2D eigenvalue weighted by atomic mass is 32.2. The number of nitrogens with two attached hydrogens (primary N) is 1. The lowest BCUT2D eigenvalue weighted by atomic mass is 10.2. The fourth-order valence-corrected chi connectivity index (χ4v) is 2.29. The normalized spacial score (nSPS) is 11.8. The highest BCUT2D eigenvalue weighted by Gasteiger charge is 2.13. The summed E-state index contributed by atoms with van der Waals surface area (Å²) in [6.07, 6.45) is 4.16. The molecular formula is C15H23NO5S2. The zero-order chi connectivity index (χ0) is 17.9. The van der Waals surface area contributed by atoms with Gasteiger partial charge in [0.1, 0.15) is 12.6 Å². The van der Waals surface area contributed by atoms with Crippen LogP contribution in [-0.2, 0) is 19.6 Å². The molecule has 23 heavy (non-hydrogen) atoms. The average Bonchev–Trinajstić information content (AvgIpc) is 2.50. The van der Waals surface area contributed by atoms with Crippen molar-refractivity contribution in [2.24, 2.45) is 5.73 Å². The number of hydrogen-bond acceptors (Lipinski definition) is 6. The second-order valence-corrected chi connectivity index (χ2v) is 7.00. The van der Waals surface area contributed by atoms with Crippen LogP contribution in [-0.4, -0.2) is 43.6 Å². The van der Waals surface area contributed by atoms with E-state index in [1.54, 1.807) is 23.9 Å². The van der Waals surface area contributed by atoms with Gasteiger partial charge in [-0.05, 0) is 37.5 Å². The van der Waals surface area contributed by atoms with Crippen LogP contribution in [0.1, 0.15) is 12.0 Å². The molecule has 0 aliphatic carbocycles. The maximum atomic E-state index is 11.0. The Morgan fingerprint density at radius 2 is 2.00 bits per heavy atom. The molecule has 0 saturated heterocycles. The van der Waals surface area contributed by atoms with E-state index in [0.717, 1.165) is 11.3 Å². The van der Waals surface area contributed by atoms with Crippen LogP contribution in [0.3, 0.4) is 0 Å². The van der Waals surface area contributed by atoms with Gasteiger partial charge in [0.25, 0.3) is 10.1 Å². The molecule has 0 aliphatic rings. The Bertz CT molecular complexity index is 584. The quantitative estimate of drug-likeness (QED) is 0.435. The second kappa shape index (κ2) is 11.2. The monoisotopic (exact) mass is 361 g/mol. The number of thioether (sulfide) groups is 1. The molecule has 0 fully saturated rings. The van der Waals surface area contributed by atoms with Gasteiger partial charge in [-0.2, -0.15) is 20.2 Å². The summed E-state index contributed by atoms with van der Waals surface area (Å²) in [5.41, 5.74) is 6.48. The van der Waals surface area contributed by atoms with E-state index in [1.165, 1.54) is 18.2 Å². The first-order valence-electron chi connectivity index (χ1n) is 6.78. The third kappa shape index (κ3) is 10.1. The smallest absolute Gasteiger partial charge is 0.323 e. The maximum Gasteiger partial charge on any atom is 0.323 e. The average molecular weight is 361 g/mol. The first-order chi connectivity index (χ1) is 10.7. The van der Waals surface area contributed by atoms with E-state index in [2.05, 4.69) is 6.58 Å². The number of aryl methyl sites for hydroxylation is 1. The van der Waals surface area contributed by atoms with Crippen molar-refractivity contribution in [1.29, 1.82) is 0 Å². The van der Waals surface area contributed by atoms with Gasteiger partial charge in [-0.3, -0.25) is 9.35 Å². The minimum absolute atomic E-state index is 0.0666. The van der Waals surface area contributed by atoms with E-state index >= 15 is 0 Å². The fraction of sp³-hybridized carbons (Fsp3) is 0.400. The van der Waals surface area contributed by atoms with Crippen LogP contribution in [0.4, 0.5) is 0 Å². The van der Waals surface area contributed by atoms with Crippen LogP contribution in [0.15, 0.2) is 41.8 Å². The summed E-state index contributed by atoms with van der Waals surface area (Å²) < 4.78 is 34.3. The van der Waals surface area contributed by atoms with Gasteiger partial charge in [-0.15, -0.1) is 0 Å². The number of rotatable bonds is 7. The van der Waals surface area contributed by atoms with E-state index < -0.39 is 16.2 Å². The molecule has 0 heterocycles. The van der Waals surface area contributed by atoms with Gasteiger partial charge in [0.05, 0.1) is 4.90 Å². The fourth-order valence-electron chi connectivity index (χ4n) is 1.32. The lowest BCUT2D eigenvalue weighted by Crippen LogP contribution is -2.32. The molecule has 0 amide bonds. The van der Waals surface area contributed by atoms with Crippen molar-refractivity contribution in [2.75, 3.05) is 18.6 Å². The summed E-state index contributed by atoms with van der Waals surface area (Å²) >= 11 is 1.66. The van der Waals surface area contributed by atoms with Crippen molar-refractivity contribution in [3.63, 3.8) is 0 Å². The Morgan fingerprint density at radius 3 is 2.43 bits per heavy atom. The van der Waals surface area contributed by atoms with Crippen LogP contribution in [0.5, 0.6) is 0 Å². The van der Waals surface area contributed by atoms with Gasteiger partial charge in [0, 0.05) is 0 Å². The van der Waals surface area contributed by atoms with Crippen LogP contribution in [0.25, 0.3) is 0 Å². The third-order valence-electron chi connectivity index (χ3n) is 2.60. The van der Waals surface area contributed by atoms with Gasteiger partial charge in [0.15, 0.2) is 0 Å². The third-order valence-corrected chi connectivity index (χ3v) is 4.11. The number of carbonyl (C=O) groups excluding carboxylic acids is 1. The van der Waals surface area contributed by atoms with Crippen molar-refractivity contribution in [3.8, 4) is 0 Å². The number of ether oxygens (including phenoxy) is 1. The number of hydrogen-bond donors (Lipinski definition) is 2. The van der Waals surface area contributed by atoms with Crippen molar-refractivity contribution < 1.29 is 22.5 Å². The molecule has 0 spiro atoms. The summed E-state index contributed by atoms with van der Waals surface area (Å²) in [4.78, 5) is 10.9. The Hall–Kier alpha value is -1.35. The predicted octanol–water partition coefficient (Wildman–Crippen LogP) is 2.04. The molecule has 130 valence electrons. The lowest BCUT2D eigenvalue weighted by Gasteiger charge is -2.08. The van der Waals surface area contributed by atoms with Crippen molar-refractivity contribution in [2.45, 2.75) is 24.3 Å². The van der Waals surface area contributed by atoms with E-state index in [1.807, 2.05) is 13.2 Å².